The number of nitrogens with one attached hydrogen (secondary N) is 1. The Bertz CT molecular complexity index is 830. The van der Waals surface area contributed by atoms with Gasteiger partial charge in [-0.3, -0.25) is 14.4 Å². The van der Waals surface area contributed by atoms with Crippen molar-refractivity contribution in [3.05, 3.63) is 35.4 Å². The third-order valence-corrected chi connectivity index (χ3v) is 7.05. The van der Waals surface area contributed by atoms with Crippen molar-refractivity contribution in [3.8, 4) is 0 Å². The van der Waals surface area contributed by atoms with Gasteiger partial charge in [0.25, 0.3) is 0 Å². The molecule has 1 aromatic rings. The Morgan fingerprint density at radius 1 is 1.06 bits per heavy atom. The number of hydrogen-bond donors (Lipinski definition) is 1. The number of nitrogens with zero attached hydrogens (tertiary/aromatic N) is 2. The molecule has 3 unspecified atom stereocenters. The van der Waals surface area contributed by atoms with Gasteiger partial charge in [0.2, 0.25) is 11.8 Å². The fourth-order valence-corrected chi connectivity index (χ4v) is 5.48. The van der Waals surface area contributed by atoms with Crippen LogP contribution in [0.5, 0.6) is 0 Å². The number of benzene rings is 1. The van der Waals surface area contributed by atoms with Crippen molar-refractivity contribution in [1.29, 1.82) is 0 Å². The summed E-state index contributed by atoms with van der Waals surface area (Å²) in [6, 6.07) is 6.83. The zero-order valence-corrected chi connectivity index (χ0v) is 18.5. The molecule has 2 amide bonds. The number of carbonyl (C=O) groups excluding carboxylic acids is 3. The maximum absolute atomic E-state index is 13.8. The van der Waals surface area contributed by atoms with E-state index in [2.05, 4.69) is 5.32 Å². The number of esters is 1. The monoisotopic (exact) mass is 427 g/mol. The lowest BCUT2D eigenvalue weighted by Gasteiger charge is -2.36. The van der Waals surface area contributed by atoms with Crippen LogP contribution in [0.25, 0.3) is 0 Å². The van der Waals surface area contributed by atoms with Gasteiger partial charge in [-0.2, -0.15) is 0 Å². The van der Waals surface area contributed by atoms with E-state index < -0.39 is 18.0 Å². The number of rotatable bonds is 4. The normalized spacial score (nSPS) is 26.8. The van der Waals surface area contributed by atoms with Gasteiger partial charge in [-0.25, -0.2) is 0 Å². The maximum atomic E-state index is 13.8. The van der Waals surface area contributed by atoms with Crippen molar-refractivity contribution in [2.45, 2.75) is 51.1 Å². The summed E-state index contributed by atoms with van der Waals surface area (Å²) < 4.78 is 5.13. The van der Waals surface area contributed by atoms with Gasteiger partial charge in [0.15, 0.2) is 0 Å². The zero-order chi connectivity index (χ0) is 22.0. The molecule has 0 aromatic heterocycles. The standard InChI is InChI=1S/C24H33N3O4/c1-16-6-5-9-18(14-16)21-19(24(30)31-2)15-20(23(29)26-12-10-25-11-13-26)27(21)22(28)17-7-3-4-8-17/h5-6,9,14,17,19-21,25H,3-4,7-8,10-13,15H2,1-2H3. The molecule has 1 aromatic carbocycles. The second-order valence-electron chi connectivity index (χ2n) is 9.04. The Balaban J connectivity index is 1.74. The Morgan fingerprint density at radius 2 is 1.77 bits per heavy atom. The summed E-state index contributed by atoms with van der Waals surface area (Å²) in [6.45, 7) is 4.74. The van der Waals surface area contributed by atoms with E-state index in [1.165, 1.54) is 7.11 Å². The van der Waals surface area contributed by atoms with Gasteiger partial charge in [-0.05, 0) is 31.7 Å². The van der Waals surface area contributed by atoms with Gasteiger partial charge in [0, 0.05) is 32.1 Å². The molecule has 1 saturated carbocycles. The fraction of sp³-hybridized carbons (Fsp3) is 0.625. The largest absolute Gasteiger partial charge is 0.469 e. The number of ether oxygens (including phenoxy) is 1. The minimum Gasteiger partial charge on any atom is -0.469 e. The third-order valence-electron chi connectivity index (χ3n) is 7.05. The van der Waals surface area contributed by atoms with Gasteiger partial charge in [-0.1, -0.05) is 42.7 Å². The smallest absolute Gasteiger partial charge is 0.311 e. The molecule has 0 bridgehead atoms. The molecule has 4 rings (SSSR count). The molecule has 0 radical (unpaired) electrons. The number of amides is 2. The fourth-order valence-electron chi connectivity index (χ4n) is 5.48. The van der Waals surface area contributed by atoms with Gasteiger partial charge in [-0.15, -0.1) is 0 Å². The molecule has 168 valence electrons. The van der Waals surface area contributed by atoms with Gasteiger partial charge in [0.1, 0.15) is 6.04 Å². The van der Waals surface area contributed by atoms with E-state index in [-0.39, 0.29) is 23.7 Å². The first-order valence-electron chi connectivity index (χ1n) is 11.5. The van der Waals surface area contributed by atoms with Crippen LogP contribution >= 0.6 is 0 Å². The number of carbonyl (C=O) groups is 3. The number of likely N-dealkylation sites (tertiary alicyclic amines) is 1. The Labute approximate surface area is 184 Å². The lowest BCUT2D eigenvalue weighted by Crippen LogP contribution is -2.54. The molecule has 3 aliphatic rings. The second-order valence-corrected chi connectivity index (χ2v) is 9.04. The summed E-state index contributed by atoms with van der Waals surface area (Å²) in [5, 5.41) is 3.27. The quantitative estimate of drug-likeness (QED) is 0.744. The van der Waals surface area contributed by atoms with Crippen molar-refractivity contribution >= 4 is 17.8 Å². The molecule has 2 saturated heterocycles. The Hall–Kier alpha value is -2.41. The van der Waals surface area contributed by atoms with E-state index in [1.807, 2.05) is 36.1 Å². The lowest BCUT2D eigenvalue weighted by molar-refractivity contribution is -0.150. The first kappa shape index (κ1) is 21.8. The van der Waals surface area contributed by atoms with Gasteiger partial charge in [0.05, 0.1) is 19.1 Å². The second kappa shape index (κ2) is 9.39. The molecule has 0 spiro atoms. The zero-order valence-electron chi connectivity index (χ0n) is 18.5. The van der Waals surface area contributed by atoms with Crippen LogP contribution in [0.1, 0.15) is 49.3 Å². The molecule has 2 heterocycles. The summed E-state index contributed by atoms with van der Waals surface area (Å²) in [7, 11) is 1.38. The molecule has 2 aliphatic heterocycles. The van der Waals surface area contributed by atoms with Crippen LogP contribution in [0.3, 0.4) is 0 Å². The van der Waals surface area contributed by atoms with Gasteiger partial charge < -0.3 is 19.9 Å². The maximum Gasteiger partial charge on any atom is 0.311 e. The topological polar surface area (TPSA) is 79.0 Å². The highest BCUT2D eigenvalue weighted by atomic mass is 16.5. The third kappa shape index (κ3) is 4.33. The molecule has 1 N–H and O–H groups in total. The van der Waals surface area contributed by atoms with E-state index >= 15 is 0 Å². The van der Waals surface area contributed by atoms with E-state index in [9.17, 15) is 14.4 Å². The molecule has 7 heteroatoms. The van der Waals surface area contributed by atoms with Crippen LogP contribution in [0.2, 0.25) is 0 Å². The lowest BCUT2D eigenvalue weighted by atomic mass is 9.92. The minimum atomic E-state index is -0.624. The average molecular weight is 428 g/mol. The Kier molecular flexibility index (Phi) is 6.60. The van der Waals surface area contributed by atoms with E-state index in [4.69, 9.17) is 4.74 Å². The first-order chi connectivity index (χ1) is 15.0. The molecule has 7 nitrogen and oxygen atoms in total. The van der Waals surface area contributed by atoms with Crippen molar-refractivity contribution in [2.75, 3.05) is 33.3 Å². The average Bonchev–Trinajstić information content (AvgIpc) is 3.47. The Morgan fingerprint density at radius 3 is 2.42 bits per heavy atom. The predicted octanol–water partition coefficient (Wildman–Crippen LogP) is 2.05. The van der Waals surface area contributed by atoms with Gasteiger partial charge >= 0.3 is 5.97 Å². The molecular weight excluding hydrogens is 394 g/mol. The molecule has 3 atom stereocenters. The van der Waals surface area contributed by atoms with Crippen molar-refractivity contribution in [1.82, 2.24) is 15.1 Å². The molecule has 3 fully saturated rings. The summed E-state index contributed by atoms with van der Waals surface area (Å²) in [4.78, 5) is 43.8. The van der Waals surface area contributed by atoms with Crippen molar-refractivity contribution < 1.29 is 19.1 Å². The first-order valence-corrected chi connectivity index (χ1v) is 11.5. The van der Waals surface area contributed by atoms with E-state index in [0.717, 1.165) is 49.9 Å². The van der Waals surface area contributed by atoms with E-state index in [1.54, 1.807) is 4.90 Å². The summed E-state index contributed by atoms with van der Waals surface area (Å²) in [5.41, 5.74) is 1.96. The van der Waals surface area contributed by atoms with Crippen LogP contribution in [-0.4, -0.2) is 66.9 Å². The highest BCUT2D eigenvalue weighted by Crippen LogP contribution is 2.44. The van der Waals surface area contributed by atoms with Crippen molar-refractivity contribution in [3.63, 3.8) is 0 Å². The number of hydrogen-bond acceptors (Lipinski definition) is 5. The number of piperazine rings is 1. The van der Waals surface area contributed by atoms with Crippen LogP contribution < -0.4 is 5.32 Å². The molecule has 31 heavy (non-hydrogen) atoms. The number of methoxy groups -OCH3 is 1. The molecule has 1 aliphatic carbocycles. The SMILES string of the molecule is COC(=O)C1CC(C(=O)N2CCNCC2)N(C(=O)C2CCCC2)C1c1cccc(C)c1. The van der Waals surface area contributed by atoms with Crippen LogP contribution in [0, 0.1) is 18.8 Å². The summed E-state index contributed by atoms with van der Waals surface area (Å²) in [6.07, 6.45) is 4.10. The summed E-state index contributed by atoms with van der Waals surface area (Å²) in [5.74, 6) is -0.997. The summed E-state index contributed by atoms with van der Waals surface area (Å²) >= 11 is 0. The van der Waals surface area contributed by atoms with Crippen LogP contribution in [0.15, 0.2) is 24.3 Å². The van der Waals surface area contributed by atoms with Crippen molar-refractivity contribution in [2.24, 2.45) is 11.8 Å². The van der Waals surface area contributed by atoms with Crippen LogP contribution in [0.4, 0.5) is 0 Å². The van der Waals surface area contributed by atoms with E-state index in [0.29, 0.717) is 19.5 Å². The van der Waals surface area contributed by atoms with Crippen LogP contribution in [-0.2, 0) is 19.1 Å². The molecular formula is C24H33N3O4. The predicted molar refractivity (Wildman–Crippen MR) is 116 cm³/mol. The highest BCUT2D eigenvalue weighted by Gasteiger charge is 2.52. The highest BCUT2D eigenvalue weighted by molar-refractivity contribution is 5.91. The number of aryl methyl sites for hydroxylation is 1. The minimum absolute atomic E-state index is 0.0175.